The molecule has 1 aliphatic heterocycles. The van der Waals surface area contributed by atoms with E-state index in [2.05, 4.69) is 35.6 Å². The Hall–Kier alpha value is -2.20. The summed E-state index contributed by atoms with van der Waals surface area (Å²) in [5.41, 5.74) is 1.10. The zero-order chi connectivity index (χ0) is 20.7. The van der Waals surface area contributed by atoms with E-state index < -0.39 is 0 Å². The average molecular weight is 399 g/mol. The highest BCUT2D eigenvalue weighted by Crippen LogP contribution is 2.57. The first kappa shape index (κ1) is 21.5. The Bertz CT molecular complexity index is 752. The molecule has 1 aliphatic carbocycles. The topological polar surface area (TPSA) is 35.5 Å². The van der Waals surface area contributed by atoms with Gasteiger partial charge in [-0.3, -0.25) is 4.79 Å². The van der Waals surface area contributed by atoms with Crippen LogP contribution >= 0.6 is 0 Å². The molecule has 4 heteroatoms. The summed E-state index contributed by atoms with van der Waals surface area (Å²) in [7, 11) is 1.42. The smallest absolute Gasteiger partial charge is 0.305 e. The molecule has 0 spiro atoms. The monoisotopic (exact) mass is 398 g/mol. The van der Waals surface area contributed by atoms with Gasteiger partial charge in [-0.25, -0.2) is 4.39 Å². The van der Waals surface area contributed by atoms with Gasteiger partial charge in [-0.1, -0.05) is 42.5 Å². The Balaban J connectivity index is 1.73. The van der Waals surface area contributed by atoms with Crippen molar-refractivity contribution >= 4 is 5.97 Å². The molecule has 2 aliphatic rings. The molecule has 1 saturated heterocycles. The van der Waals surface area contributed by atoms with Crippen LogP contribution in [0.1, 0.15) is 44.1 Å². The van der Waals surface area contributed by atoms with Gasteiger partial charge in [-0.2, -0.15) is 0 Å². The molecule has 1 aromatic carbocycles. The zero-order valence-corrected chi connectivity index (χ0v) is 17.2. The van der Waals surface area contributed by atoms with E-state index in [-0.39, 0.29) is 23.3 Å². The van der Waals surface area contributed by atoms with E-state index in [0.29, 0.717) is 24.9 Å². The van der Waals surface area contributed by atoms with E-state index in [0.717, 1.165) is 32.1 Å². The fraction of sp³-hybridized carbons (Fsp3) is 0.480. The normalized spacial score (nSPS) is 28.4. The summed E-state index contributed by atoms with van der Waals surface area (Å²) in [6, 6.07) is 6.95. The van der Waals surface area contributed by atoms with Crippen molar-refractivity contribution in [1.82, 2.24) is 0 Å². The van der Waals surface area contributed by atoms with Crippen molar-refractivity contribution in [2.24, 2.45) is 11.8 Å². The van der Waals surface area contributed by atoms with Gasteiger partial charge in [0.1, 0.15) is 5.82 Å². The van der Waals surface area contributed by atoms with Crippen molar-refractivity contribution < 1.29 is 18.7 Å². The number of rotatable bonds is 10. The van der Waals surface area contributed by atoms with E-state index in [1.807, 2.05) is 18.2 Å². The maximum Gasteiger partial charge on any atom is 0.305 e. The molecule has 156 valence electrons. The SMILES string of the molecule is C=CC/C=C/[C@@H]1[C@@H]2C[C@@](c3ccc(F)cc3)(CO2)[C@H]1C/C=C\CCCC(=O)OC. The molecule has 1 heterocycles. The number of allylic oxidation sites excluding steroid dienone is 4. The van der Waals surface area contributed by atoms with E-state index >= 15 is 0 Å². The van der Waals surface area contributed by atoms with Gasteiger partial charge in [0.2, 0.25) is 0 Å². The molecule has 1 aromatic rings. The van der Waals surface area contributed by atoms with Gasteiger partial charge in [0.15, 0.2) is 0 Å². The summed E-state index contributed by atoms with van der Waals surface area (Å²) in [5.74, 6) is 0.382. The number of hydrogen-bond donors (Lipinski definition) is 0. The number of fused-ring (bicyclic) bond motifs is 2. The van der Waals surface area contributed by atoms with Gasteiger partial charge >= 0.3 is 5.97 Å². The molecule has 3 nitrogen and oxygen atoms in total. The Morgan fingerprint density at radius 3 is 2.83 bits per heavy atom. The molecule has 2 bridgehead atoms. The maximum atomic E-state index is 13.5. The first-order chi connectivity index (χ1) is 14.1. The van der Waals surface area contributed by atoms with Gasteiger partial charge in [-0.05, 0) is 55.7 Å². The molecule has 1 saturated carbocycles. The highest BCUT2D eigenvalue weighted by Gasteiger charge is 2.58. The van der Waals surface area contributed by atoms with Crippen LogP contribution in [-0.2, 0) is 19.7 Å². The number of unbranched alkanes of at least 4 members (excludes halogenated alkanes) is 1. The number of benzene rings is 1. The lowest BCUT2D eigenvalue weighted by atomic mass is 9.69. The quantitative estimate of drug-likeness (QED) is 0.296. The zero-order valence-electron chi connectivity index (χ0n) is 17.2. The largest absolute Gasteiger partial charge is 0.469 e. The van der Waals surface area contributed by atoms with Crippen LogP contribution in [0.2, 0.25) is 0 Å². The predicted molar refractivity (Wildman–Crippen MR) is 113 cm³/mol. The Kier molecular flexibility index (Phi) is 7.43. The summed E-state index contributed by atoms with van der Waals surface area (Å²) >= 11 is 0. The van der Waals surface area contributed by atoms with Crippen LogP contribution in [0.5, 0.6) is 0 Å². The van der Waals surface area contributed by atoms with Crippen LogP contribution in [0.4, 0.5) is 4.39 Å². The minimum absolute atomic E-state index is 0.0715. The minimum atomic E-state index is -0.205. The molecule has 3 rings (SSSR count). The Labute approximate surface area is 173 Å². The van der Waals surface area contributed by atoms with Gasteiger partial charge in [-0.15, -0.1) is 6.58 Å². The van der Waals surface area contributed by atoms with Crippen molar-refractivity contribution in [2.75, 3.05) is 13.7 Å². The third-order valence-corrected chi connectivity index (χ3v) is 6.34. The highest BCUT2D eigenvalue weighted by molar-refractivity contribution is 5.69. The second kappa shape index (κ2) is 10.0. The van der Waals surface area contributed by atoms with Crippen molar-refractivity contribution in [3.05, 3.63) is 72.6 Å². The fourth-order valence-electron chi connectivity index (χ4n) is 4.86. The van der Waals surface area contributed by atoms with E-state index in [9.17, 15) is 9.18 Å². The molecule has 2 fully saturated rings. The molecule has 0 aromatic heterocycles. The van der Waals surface area contributed by atoms with Gasteiger partial charge in [0, 0.05) is 17.8 Å². The lowest BCUT2D eigenvalue weighted by molar-refractivity contribution is -0.140. The summed E-state index contributed by atoms with van der Waals surface area (Å²) in [4.78, 5) is 11.2. The Morgan fingerprint density at radius 1 is 1.31 bits per heavy atom. The number of carbonyl (C=O) groups excluding carboxylic acids is 1. The molecule has 0 amide bonds. The van der Waals surface area contributed by atoms with Crippen molar-refractivity contribution in [3.63, 3.8) is 0 Å². The standard InChI is InChI=1S/C25H31FO3/c1-3-4-7-10-21-22(11-8-5-6-9-12-24(27)28-2)25(17-23(21)29-18-25)19-13-15-20(26)16-14-19/h3,5,7-8,10,13-16,21-23H,1,4,6,9,11-12,17-18H2,2H3/b8-5-,10-7+/t21-,22-,23-,25-/m0/s1. The second-order valence-corrected chi connectivity index (χ2v) is 8.03. The number of hydrogen-bond acceptors (Lipinski definition) is 3. The van der Waals surface area contributed by atoms with E-state index in [1.165, 1.54) is 12.7 Å². The van der Waals surface area contributed by atoms with Gasteiger partial charge in [0.05, 0.1) is 19.8 Å². The van der Waals surface area contributed by atoms with Gasteiger partial charge < -0.3 is 9.47 Å². The number of halogens is 1. The minimum Gasteiger partial charge on any atom is -0.469 e. The van der Waals surface area contributed by atoms with Crippen LogP contribution in [0, 0.1) is 17.7 Å². The number of carbonyl (C=O) groups is 1. The molecule has 29 heavy (non-hydrogen) atoms. The summed E-state index contributed by atoms with van der Waals surface area (Å²) in [6.45, 7) is 4.49. The molecular formula is C25H31FO3. The molecule has 4 atom stereocenters. The van der Waals surface area contributed by atoms with Gasteiger partial charge in [0.25, 0.3) is 0 Å². The van der Waals surface area contributed by atoms with Crippen LogP contribution in [0.25, 0.3) is 0 Å². The molecule has 0 N–H and O–H groups in total. The van der Waals surface area contributed by atoms with Crippen LogP contribution in [0.3, 0.4) is 0 Å². The fourth-order valence-corrected chi connectivity index (χ4v) is 4.86. The lowest BCUT2D eigenvalue weighted by Gasteiger charge is -2.38. The van der Waals surface area contributed by atoms with Crippen LogP contribution < -0.4 is 0 Å². The van der Waals surface area contributed by atoms with Crippen molar-refractivity contribution in [1.29, 1.82) is 0 Å². The first-order valence-electron chi connectivity index (χ1n) is 10.5. The number of ether oxygens (including phenoxy) is 2. The number of methoxy groups -OCH3 is 1. The maximum absolute atomic E-state index is 13.5. The highest BCUT2D eigenvalue weighted by atomic mass is 19.1. The lowest BCUT2D eigenvalue weighted by Crippen LogP contribution is -2.39. The Morgan fingerprint density at radius 2 is 2.10 bits per heavy atom. The molecule has 0 radical (unpaired) electrons. The number of esters is 1. The predicted octanol–water partition coefficient (Wildman–Crippen LogP) is 5.52. The summed E-state index contributed by atoms with van der Waals surface area (Å²) in [5, 5.41) is 0. The van der Waals surface area contributed by atoms with E-state index in [1.54, 1.807) is 12.1 Å². The second-order valence-electron chi connectivity index (χ2n) is 8.03. The molecular weight excluding hydrogens is 367 g/mol. The first-order valence-corrected chi connectivity index (χ1v) is 10.5. The van der Waals surface area contributed by atoms with Crippen molar-refractivity contribution in [3.8, 4) is 0 Å². The summed E-state index contributed by atoms with van der Waals surface area (Å²) < 4.78 is 24.3. The van der Waals surface area contributed by atoms with Crippen LogP contribution in [-0.4, -0.2) is 25.8 Å². The summed E-state index contributed by atoms with van der Waals surface area (Å²) in [6.07, 6.45) is 15.8. The van der Waals surface area contributed by atoms with E-state index in [4.69, 9.17) is 4.74 Å². The average Bonchev–Trinajstić information content (AvgIpc) is 3.29. The van der Waals surface area contributed by atoms with Crippen molar-refractivity contribution in [2.45, 2.75) is 50.0 Å². The van der Waals surface area contributed by atoms with Crippen LogP contribution in [0.15, 0.2) is 61.2 Å². The third-order valence-electron chi connectivity index (χ3n) is 6.34. The molecule has 0 unspecified atom stereocenters. The third kappa shape index (κ3) is 4.87.